The molecule has 0 radical (unpaired) electrons. The molecule has 1 aliphatic carbocycles. The lowest BCUT2D eigenvalue weighted by Gasteiger charge is -2.58. The third-order valence-electron chi connectivity index (χ3n) is 7.65. The van der Waals surface area contributed by atoms with Crippen molar-refractivity contribution in [3.63, 3.8) is 0 Å². The molecular weight excluding hydrogens is 460 g/mol. The van der Waals surface area contributed by atoms with Crippen LogP contribution in [0.25, 0.3) is 0 Å². The van der Waals surface area contributed by atoms with E-state index in [2.05, 4.69) is 0 Å². The van der Waals surface area contributed by atoms with Crippen molar-refractivity contribution in [3.8, 4) is 11.5 Å². The van der Waals surface area contributed by atoms with Gasteiger partial charge in [-0.15, -0.1) is 0 Å². The Morgan fingerprint density at radius 1 is 0.889 bits per heavy atom. The molecule has 188 valence electrons. The van der Waals surface area contributed by atoms with Crippen LogP contribution in [0.2, 0.25) is 0 Å². The van der Waals surface area contributed by atoms with Gasteiger partial charge in [0.1, 0.15) is 22.7 Å². The largest absolute Gasteiger partial charge is 0.497 e. The van der Waals surface area contributed by atoms with Crippen LogP contribution < -0.4 is 9.47 Å². The van der Waals surface area contributed by atoms with Crippen molar-refractivity contribution in [3.05, 3.63) is 95.6 Å². The molecule has 2 saturated heterocycles. The van der Waals surface area contributed by atoms with Crippen molar-refractivity contribution in [1.82, 2.24) is 0 Å². The van der Waals surface area contributed by atoms with Crippen LogP contribution >= 0.6 is 0 Å². The topological polar surface area (TPSA) is 75.6 Å². The summed E-state index contributed by atoms with van der Waals surface area (Å²) < 4.78 is 43.6. The van der Waals surface area contributed by atoms with Crippen LogP contribution in [0.3, 0.4) is 0 Å². The number of aliphatic hydroxyl groups is 1. The summed E-state index contributed by atoms with van der Waals surface area (Å²) in [5.74, 6) is -0.425. The fraction of sp³-hybridized carbons (Fsp3) is 0.379. The first-order chi connectivity index (χ1) is 17.9. The summed E-state index contributed by atoms with van der Waals surface area (Å²) in [6, 6.07) is 25.6. The Kier molecular flexibility index (Phi) is 5.49. The maximum absolute atomic E-state index is 11.0. The number of methoxy groups -OCH3 is 2. The molecule has 6 rings (SSSR count). The van der Waals surface area contributed by atoms with E-state index in [-0.39, 0.29) is 19.8 Å². The molecule has 2 heterocycles. The van der Waals surface area contributed by atoms with E-state index in [1.165, 1.54) is 0 Å². The second-order valence-corrected chi connectivity index (χ2v) is 9.50. The Hall–Kier alpha value is -2.94. The Morgan fingerprint density at radius 2 is 1.47 bits per heavy atom. The normalized spacial score (nSPS) is 31.2. The van der Waals surface area contributed by atoms with Gasteiger partial charge in [-0.1, -0.05) is 54.6 Å². The van der Waals surface area contributed by atoms with Crippen molar-refractivity contribution in [2.24, 2.45) is 5.92 Å². The van der Waals surface area contributed by atoms with Crippen LogP contribution in [-0.2, 0) is 24.5 Å². The maximum atomic E-state index is 11.0. The lowest BCUT2D eigenvalue weighted by Crippen LogP contribution is -2.72. The van der Waals surface area contributed by atoms with Gasteiger partial charge in [-0.25, -0.2) is 0 Å². The third kappa shape index (κ3) is 3.54. The van der Waals surface area contributed by atoms with E-state index in [0.717, 1.165) is 28.2 Å². The van der Waals surface area contributed by atoms with Gasteiger partial charge in [0.05, 0.1) is 40.8 Å². The molecular formula is C29H30O7. The molecule has 1 N–H and O–H groups in total. The van der Waals surface area contributed by atoms with Crippen molar-refractivity contribution in [2.45, 2.75) is 29.5 Å². The molecule has 2 aliphatic heterocycles. The molecule has 3 aromatic rings. The summed E-state index contributed by atoms with van der Waals surface area (Å²) in [7, 11) is 3.27. The van der Waals surface area contributed by atoms with Gasteiger partial charge in [-0.05, 0) is 41.0 Å². The fourth-order valence-electron chi connectivity index (χ4n) is 5.85. The predicted octanol–water partition coefficient (Wildman–Crippen LogP) is 3.86. The Balaban J connectivity index is 1.46. The summed E-state index contributed by atoms with van der Waals surface area (Å²) in [6.07, 6.45) is -0.375. The van der Waals surface area contributed by atoms with Crippen molar-refractivity contribution < 1.29 is 34.9 Å². The van der Waals surface area contributed by atoms with Crippen LogP contribution in [0.1, 0.15) is 24.5 Å². The van der Waals surface area contributed by atoms with Gasteiger partial charge in [0.25, 0.3) is 0 Å². The highest BCUT2D eigenvalue weighted by Gasteiger charge is 2.73. The third-order valence-corrected chi connectivity index (χ3v) is 7.65. The van der Waals surface area contributed by atoms with E-state index >= 15 is 0 Å². The standard InChI is InChI=1S/C29H30O7/c1-31-23-12-8-21(9-13-23)29(20-6-4-3-5-7-20,22-10-14-24(32-2)15-11-22)35-18-27-17-28(30)26(27)25(16-34-27)33-19-36-28/h3-15,25-26,30H,16-19H2,1-2H3/t25-,26?,27-,28?/m1/s1/i16T/t16?,25-,26?,27-,28?. The van der Waals surface area contributed by atoms with Crippen LogP contribution in [0.15, 0.2) is 78.9 Å². The van der Waals surface area contributed by atoms with Gasteiger partial charge in [0.2, 0.25) is 0 Å². The second-order valence-electron chi connectivity index (χ2n) is 9.50. The molecule has 7 heteroatoms. The SMILES string of the molecule is [3H]C1O[C@@]2(COC(c3ccccc3)(c3ccc(OC)cc3)c3ccc(OC)cc3)CC3(O)OCO[C@H]1C32. The fourth-order valence-corrected chi connectivity index (χ4v) is 5.85. The highest BCUT2D eigenvalue weighted by atomic mass is 16.8. The Labute approximate surface area is 211 Å². The van der Waals surface area contributed by atoms with E-state index in [1.807, 2.05) is 78.9 Å². The van der Waals surface area contributed by atoms with E-state index in [1.54, 1.807) is 14.2 Å². The smallest absolute Gasteiger partial charge is 0.179 e. The summed E-state index contributed by atoms with van der Waals surface area (Å²) in [5, 5.41) is 11.0. The first kappa shape index (κ1) is 22.3. The molecule has 3 unspecified atom stereocenters. The number of rotatable bonds is 8. The molecule has 0 amide bonds. The zero-order valence-corrected chi connectivity index (χ0v) is 20.3. The number of ether oxygens (including phenoxy) is 6. The first-order valence-corrected chi connectivity index (χ1v) is 12.0. The summed E-state index contributed by atoms with van der Waals surface area (Å²) in [6.45, 7) is -0.871. The number of benzene rings is 3. The molecule has 3 aliphatic rings. The highest BCUT2D eigenvalue weighted by Crippen LogP contribution is 2.59. The van der Waals surface area contributed by atoms with Gasteiger partial charge >= 0.3 is 0 Å². The number of hydrogen-bond acceptors (Lipinski definition) is 7. The Morgan fingerprint density at radius 3 is 2.06 bits per heavy atom. The van der Waals surface area contributed by atoms with Gasteiger partial charge < -0.3 is 33.5 Å². The molecule has 36 heavy (non-hydrogen) atoms. The van der Waals surface area contributed by atoms with E-state index in [4.69, 9.17) is 29.8 Å². The molecule has 0 bridgehead atoms. The molecule has 3 aromatic carbocycles. The highest BCUT2D eigenvalue weighted by molar-refractivity contribution is 5.49. The molecule has 1 saturated carbocycles. The van der Waals surface area contributed by atoms with Gasteiger partial charge in [-0.3, -0.25) is 0 Å². The second kappa shape index (κ2) is 8.87. The Bertz CT molecular complexity index is 1190. The van der Waals surface area contributed by atoms with Gasteiger partial charge in [-0.2, -0.15) is 0 Å². The zero-order chi connectivity index (χ0) is 25.7. The summed E-state index contributed by atoms with van der Waals surface area (Å²) in [5.41, 5.74) is 0.764. The summed E-state index contributed by atoms with van der Waals surface area (Å²) >= 11 is 0. The minimum Gasteiger partial charge on any atom is -0.497 e. The summed E-state index contributed by atoms with van der Waals surface area (Å²) in [4.78, 5) is 0. The molecule has 0 spiro atoms. The van der Waals surface area contributed by atoms with E-state index < -0.39 is 35.6 Å². The minimum atomic E-state index is -1.38. The molecule has 3 fully saturated rings. The van der Waals surface area contributed by atoms with Crippen molar-refractivity contribution in [1.29, 1.82) is 0 Å². The molecule has 0 aromatic heterocycles. The molecule has 5 atom stereocenters. The van der Waals surface area contributed by atoms with Gasteiger partial charge in [0, 0.05) is 6.42 Å². The van der Waals surface area contributed by atoms with Crippen LogP contribution in [0.4, 0.5) is 0 Å². The van der Waals surface area contributed by atoms with Crippen LogP contribution in [0.5, 0.6) is 11.5 Å². The first-order valence-electron chi connectivity index (χ1n) is 12.6. The average molecular weight is 493 g/mol. The lowest BCUT2D eigenvalue weighted by atomic mass is 9.63. The van der Waals surface area contributed by atoms with E-state index in [9.17, 15) is 5.11 Å². The zero-order valence-electron chi connectivity index (χ0n) is 21.3. The predicted molar refractivity (Wildman–Crippen MR) is 131 cm³/mol. The minimum absolute atomic E-state index is 0.0566. The van der Waals surface area contributed by atoms with Crippen LogP contribution in [-0.4, -0.2) is 56.8 Å². The van der Waals surface area contributed by atoms with Gasteiger partial charge in [0.15, 0.2) is 12.6 Å². The van der Waals surface area contributed by atoms with Crippen molar-refractivity contribution >= 4 is 0 Å². The van der Waals surface area contributed by atoms with E-state index in [0.29, 0.717) is 0 Å². The molecule has 7 nitrogen and oxygen atoms in total. The number of hydrogen-bond donors (Lipinski definition) is 1. The monoisotopic (exact) mass is 492 g/mol. The average Bonchev–Trinajstić information content (AvgIpc) is 3.20. The lowest BCUT2D eigenvalue weighted by molar-refractivity contribution is -0.406. The quantitative estimate of drug-likeness (QED) is 0.479. The maximum Gasteiger partial charge on any atom is 0.179 e. The van der Waals surface area contributed by atoms with Crippen LogP contribution in [0, 0.1) is 5.92 Å². The van der Waals surface area contributed by atoms with Crippen molar-refractivity contribution in [2.75, 3.05) is 34.2 Å².